The number of hydrogen-bond acceptors (Lipinski definition) is 6. The Morgan fingerprint density at radius 3 is 2.57 bits per heavy atom. The van der Waals surface area contributed by atoms with Crippen LogP contribution < -0.4 is 15.4 Å². The van der Waals surface area contributed by atoms with Gasteiger partial charge in [0.15, 0.2) is 0 Å². The van der Waals surface area contributed by atoms with Crippen LogP contribution in [-0.2, 0) is 4.79 Å². The number of rotatable bonds is 7. The molecule has 0 atom stereocenters. The van der Waals surface area contributed by atoms with Crippen LogP contribution in [0.15, 0.2) is 59.1 Å². The molecule has 0 amide bonds. The van der Waals surface area contributed by atoms with Crippen LogP contribution in [-0.4, -0.2) is 34.0 Å². The summed E-state index contributed by atoms with van der Waals surface area (Å²) < 4.78 is 42.4. The summed E-state index contributed by atoms with van der Waals surface area (Å²) in [5, 5.41) is 14.5. The summed E-state index contributed by atoms with van der Waals surface area (Å²) in [5.41, 5.74) is 1.28. The first kappa shape index (κ1) is 21.4. The van der Waals surface area contributed by atoms with E-state index in [-0.39, 0.29) is 11.6 Å². The summed E-state index contributed by atoms with van der Waals surface area (Å²) in [5.74, 6) is -1.21. The smallest absolute Gasteiger partial charge is 0.480 e. The zero-order valence-electron chi connectivity index (χ0n) is 15.1. The van der Waals surface area contributed by atoms with E-state index < -0.39 is 24.6 Å². The number of ether oxygens (including phenoxy) is 1. The predicted octanol–water partition coefficient (Wildman–Crippen LogP) is 5.04. The number of halogens is 4. The molecule has 3 N–H and O–H groups in total. The van der Waals surface area contributed by atoms with E-state index in [2.05, 4.69) is 41.3 Å². The second-order valence-electron chi connectivity index (χ2n) is 5.92. The highest BCUT2D eigenvalue weighted by Gasteiger charge is 2.31. The normalized spacial score (nSPS) is 11.1. The van der Waals surface area contributed by atoms with E-state index in [1.54, 1.807) is 24.3 Å². The van der Waals surface area contributed by atoms with Gasteiger partial charge in [-0.05, 0) is 30.3 Å². The second-order valence-corrected chi connectivity index (χ2v) is 6.84. The van der Waals surface area contributed by atoms with Crippen molar-refractivity contribution < 1.29 is 27.8 Å². The number of carbonyl (C=O) groups is 1. The first-order valence-electron chi connectivity index (χ1n) is 8.41. The Morgan fingerprint density at radius 2 is 1.87 bits per heavy atom. The molecule has 0 unspecified atom stereocenters. The fourth-order valence-corrected chi connectivity index (χ4v) is 2.86. The van der Waals surface area contributed by atoms with E-state index in [0.717, 1.165) is 4.47 Å². The van der Waals surface area contributed by atoms with E-state index in [1.165, 1.54) is 24.3 Å². The van der Waals surface area contributed by atoms with Gasteiger partial charge < -0.3 is 20.5 Å². The quantitative estimate of drug-likeness (QED) is 0.433. The summed E-state index contributed by atoms with van der Waals surface area (Å²) in [6.45, 7) is -0.434. The van der Waals surface area contributed by atoms with E-state index in [0.29, 0.717) is 17.1 Å². The van der Waals surface area contributed by atoms with Crippen molar-refractivity contribution in [1.29, 1.82) is 0 Å². The minimum absolute atomic E-state index is 0.00506. The molecule has 0 radical (unpaired) electrons. The number of carboxylic acids is 1. The average molecular weight is 483 g/mol. The molecule has 3 aromatic rings. The molecule has 0 aliphatic heterocycles. The van der Waals surface area contributed by atoms with Crippen LogP contribution in [0.25, 0.3) is 11.3 Å². The summed E-state index contributed by atoms with van der Waals surface area (Å²) in [6, 6.07) is 14.0. The molecular formula is C19H14BrF3N4O3. The zero-order chi connectivity index (χ0) is 21.7. The Morgan fingerprint density at radius 1 is 1.10 bits per heavy atom. The Labute approximate surface area is 177 Å². The molecule has 2 aromatic carbocycles. The van der Waals surface area contributed by atoms with Crippen LogP contribution in [0.4, 0.5) is 30.6 Å². The van der Waals surface area contributed by atoms with Crippen molar-refractivity contribution >= 4 is 39.4 Å². The third-order valence-electron chi connectivity index (χ3n) is 3.58. The Bertz CT molecular complexity index is 1060. The van der Waals surface area contributed by atoms with E-state index in [1.807, 2.05) is 6.07 Å². The molecule has 156 valence electrons. The van der Waals surface area contributed by atoms with Gasteiger partial charge in [0.2, 0.25) is 5.95 Å². The van der Waals surface area contributed by atoms with Gasteiger partial charge in [-0.2, -0.15) is 4.98 Å². The lowest BCUT2D eigenvalue weighted by Crippen LogP contribution is -2.17. The molecule has 1 heterocycles. The summed E-state index contributed by atoms with van der Waals surface area (Å²) in [6.07, 6.45) is -4.83. The van der Waals surface area contributed by atoms with Crippen LogP contribution in [0.1, 0.15) is 0 Å². The van der Waals surface area contributed by atoms with E-state index >= 15 is 0 Å². The van der Waals surface area contributed by atoms with Crippen LogP contribution in [0, 0.1) is 0 Å². The number of aromatic nitrogens is 2. The minimum atomic E-state index is -4.83. The topological polar surface area (TPSA) is 96.4 Å². The SMILES string of the molecule is O=C(O)CNc1nc(Nc2cccc(Br)c2)cc(-c2cccc(OC(F)(F)F)c2)n1. The standard InChI is InChI=1S/C19H14BrF3N4O3/c20-12-4-2-5-13(8-12)25-16-9-15(26-18(27-16)24-10-17(28)29)11-3-1-6-14(7-11)30-19(21,22)23/h1-9H,10H2,(H,28,29)(H2,24,25,26,27). The zero-order valence-corrected chi connectivity index (χ0v) is 16.7. The van der Waals surface area contributed by atoms with Crippen LogP contribution in [0.5, 0.6) is 5.75 Å². The number of aliphatic carboxylic acids is 1. The van der Waals surface area contributed by atoms with Crippen molar-refractivity contribution in [2.24, 2.45) is 0 Å². The number of nitrogens with zero attached hydrogens (tertiary/aromatic N) is 2. The van der Waals surface area contributed by atoms with E-state index in [4.69, 9.17) is 5.11 Å². The van der Waals surface area contributed by atoms with Crippen LogP contribution in [0.2, 0.25) is 0 Å². The van der Waals surface area contributed by atoms with Gasteiger partial charge in [-0.25, -0.2) is 4.98 Å². The lowest BCUT2D eigenvalue weighted by molar-refractivity contribution is -0.274. The van der Waals surface area contributed by atoms with Crippen molar-refractivity contribution in [2.45, 2.75) is 6.36 Å². The third-order valence-corrected chi connectivity index (χ3v) is 4.08. The molecule has 0 saturated heterocycles. The monoisotopic (exact) mass is 482 g/mol. The number of carboxylic acid groups (broad SMARTS) is 1. The first-order valence-corrected chi connectivity index (χ1v) is 9.21. The molecule has 0 spiro atoms. The Balaban J connectivity index is 1.97. The van der Waals surface area contributed by atoms with Crippen molar-refractivity contribution in [3.05, 3.63) is 59.1 Å². The average Bonchev–Trinajstić information content (AvgIpc) is 2.65. The van der Waals surface area contributed by atoms with Crippen LogP contribution in [0.3, 0.4) is 0 Å². The molecular weight excluding hydrogens is 469 g/mol. The van der Waals surface area contributed by atoms with Crippen molar-refractivity contribution in [3.8, 4) is 17.0 Å². The highest BCUT2D eigenvalue weighted by molar-refractivity contribution is 9.10. The highest BCUT2D eigenvalue weighted by Crippen LogP contribution is 2.29. The molecule has 0 saturated carbocycles. The third kappa shape index (κ3) is 6.34. The maximum absolute atomic E-state index is 12.5. The maximum Gasteiger partial charge on any atom is 0.573 e. The van der Waals surface area contributed by atoms with E-state index in [9.17, 15) is 18.0 Å². The second kappa shape index (κ2) is 8.99. The number of alkyl halides is 3. The molecule has 0 fully saturated rings. The van der Waals surface area contributed by atoms with Crippen molar-refractivity contribution in [1.82, 2.24) is 9.97 Å². The molecule has 1 aromatic heterocycles. The number of benzene rings is 2. The summed E-state index contributed by atoms with van der Waals surface area (Å²) >= 11 is 3.36. The van der Waals surface area contributed by atoms with Gasteiger partial charge in [0.25, 0.3) is 0 Å². The van der Waals surface area contributed by atoms with Gasteiger partial charge >= 0.3 is 12.3 Å². The number of anilines is 3. The predicted molar refractivity (Wildman–Crippen MR) is 108 cm³/mol. The van der Waals surface area contributed by atoms with Gasteiger partial charge in [0.05, 0.1) is 5.69 Å². The highest BCUT2D eigenvalue weighted by atomic mass is 79.9. The largest absolute Gasteiger partial charge is 0.573 e. The molecule has 0 aliphatic rings. The first-order chi connectivity index (χ1) is 14.2. The summed E-state index contributed by atoms with van der Waals surface area (Å²) in [7, 11) is 0. The fourth-order valence-electron chi connectivity index (χ4n) is 2.46. The molecule has 7 nitrogen and oxygen atoms in total. The maximum atomic E-state index is 12.5. The van der Waals surface area contributed by atoms with Crippen molar-refractivity contribution in [2.75, 3.05) is 17.2 Å². The molecule has 3 rings (SSSR count). The minimum Gasteiger partial charge on any atom is -0.480 e. The molecule has 0 bridgehead atoms. The van der Waals surface area contributed by atoms with Gasteiger partial charge in [0.1, 0.15) is 18.1 Å². The Kier molecular flexibility index (Phi) is 6.40. The van der Waals surface area contributed by atoms with Gasteiger partial charge in [-0.1, -0.05) is 34.1 Å². The summed E-state index contributed by atoms with van der Waals surface area (Å²) in [4.78, 5) is 19.3. The number of hydrogen-bond donors (Lipinski definition) is 3. The van der Waals surface area contributed by atoms with Gasteiger partial charge in [-0.3, -0.25) is 4.79 Å². The van der Waals surface area contributed by atoms with Crippen molar-refractivity contribution in [3.63, 3.8) is 0 Å². The molecule has 30 heavy (non-hydrogen) atoms. The molecule has 11 heteroatoms. The van der Waals surface area contributed by atoms with Gasteiger partial charge in [-0.15, -0.1) is 13.2 Å². The lowest BCUT2D eigenvalue weighted by Gasteiger charge is -2.12. The molecule has 0 aliphatic carbocycles. The van der Waals surface area contributed by atoms with Gasteiger partial charge in [0, 0.05) is 21.8 Å². The fraction of sp³-hybridized carbons (Fsp3) is 0.105. The Hall–Kier alpha value is -3.34. The number of nitrogens with one attached hydrogen (secondary N) is 2. The lowest BCUT2D eigenvalue weighted by atomic mass is 10.1. The van der Waals surface area contributed by atoms with Crippen LogP contribution >= 0.6 is 15.9 Å².